The maximum Gasteiger partial charge on any atom is 0.191 e. The van der Waals surface area contributed by atoms with Crippen LogP contribution in [0.15, 0.2) is 29.3 Å². The number of rotatable bonds is 10. The van der Waals surface area contributed by atoms with Crippen molar-refractivity contribution in [3.63, 3.8) is 0 Å². The second kappa shape index (κ2) is 12.0. The summed E-state index contributed by atoms with van der Waals surface area (Å²) in [6.07, 6.45) is 0.973. The minimum Gasteiger partial charge on any atom is -0.382 e. The quantitative estimate of drug-likeness (QED) is 0.396. The van der Waals surface area contributed by atoms with E-state index in [9.17, 15) is 0 Å². The second-order valence-corrected chi connectivity index (χ2v) is 4.86. The monoisotopic (exact) mass is 307 g/mol. The van der Waals surface area contributed by atoms with Gasteiger partial charge in [-0.3, -0.25) is 4.99 Å². The third-order valence-electron chi connectivity index (χ3n) is 3.14. The molecule has 0 amide bonds. The summed E-state index contributed by atoms with van der Waals surface area (Å²) in [5.74, 6) is 0.815. The van der Waals surface area contributed by atoms with Crippen LogP contribution in [-0.2, 0) is 22.6 Å². The first-order valence-electron chi connectivity index (χ1n) is 7.98. The Kier molecular flexibility index (Phi) is 10.1. The number of ether oxygens (including phenoxy) is 2. The first-order chi connectivity index (χ1) is 10.8. The summed E-state index contributed by atoms with van der Waals surface area (Å²) in [6.45, 7) is 8.59. The molecule has 5 heteroatoms. The molecule has 0 heterocycles. The van der Waals surface area contributed by atoms with Crippen LogP contribution in [0.25, 0.3) is 0 Å². The molecule has 1 aromatic rings. The Morgan fingerprint density at radius 1 is 1.00 bits per heavy atom. The molecule has 1 rings (SSSR count). The highest BCUT2D eigenvalue weighted by molar-refractivity contribution is 5.79. The van der Waals surface area contributed by atoms with E-state index >= 15 is 0 Å². The van der Waals surface area contributed by atoms with Gasteiger partial charge in [-0.2, -0.15) is 0 Å². The fourth-order valence-electron chi connectivity index (χ4n) is 1.91. The Morgan fingerprint density at radius 2 is 1.68 bits per heavy atom. The maximum absolute atomic E-state index is 5.39. The van der Waals surface area contributed by atoms with Crippen LogP contribution in [0, 0.1) is 0 Å². The number of nitrogens with one attached hydrogen (secondary N) is 2. The SMILES string of the molecule is CCOCCCNC(=NC)NCc1ccc(COCC)cc1. The van der Waals surface area contributed by atoms with Gasteiger partial charge in [-0.25, -0.2) is 0 Å². The van der Waals surface area contributed by atoms with E-state index in [1.165, 1.54) is 11.1 Å². The van der Waals surface area contributed by atoms with E-state index in [0.717, 1.165) is 45.3 Å². The fraction of sp³-hybridized carbons (Fsp3) is 0.588. The summed E-state index contributed by atoms with van der Waals surface area (Å²) in [6, 6.07) is 8.43. The molecular formula is C17H29N3O2. The molecule has 5 nitrogen and oxygen atoms in total. The van der Waals surface area contributed by atoms with Crippen LogP contribution in [0.2, 0.25) is 0 Å². The molecule has 0 saturated heterocycles. The van der Waals surface area contributed by atoms with Crippen LogP contribution < -0.4 is 10.6 Å². The second-order valence-electron chi connectivity index (χ2n) is 4.86. The van der Waals surface area contributed by atoms with Crippen molar-refractivity contribution >= 4 is 5.96 Å². The highest BCUT2D eigenvalue weighted by Crippen LogP contribution is 2.05. The van der Waals surface area contributed by atoms with Crippen molar-refractivity contribution in [2.45, 2.75) is 33.4 Å². The minimum absolute atomic E-state index is 0.674. The van der Waals surface area contributed by atoms with E-state index in [1.807, 2.05) is 13.8 Å². The lowest BCUT2D eigenvalue weighted by Gasteiger charge is -2.12. The average molecular weight is 307 g/mol. The Labute approximate surface area is 134 Å². The molecule has 0 fully saturated rings. The number of hydrogen-bond acceptors (Lipinski definition) is 3. The van der Waals surface area contributed by atoms with Crippen molar-refractivity contribution < 1.29 is 9.47 Å². The van der Waals surface area contributed by atoms with Gasteiger partial charge in [-0.1, -0.05) is 24.3 Å². The van der Waals surface area contributed by atoms with E-state index in [1.54, 1.807) is 7.05 Å². The van der Waals surface area contributed by atoms with E-state index in [-0.39, 0.29) is 0 Å². The van der Waals surface area contributed by atoms with Gasteiger partial charge in [0.15, 0.2) is 5.96 Å². The Bertz CT molecular complexity index is 418. The lowest BCUT2D eigenvalue weighted by Crippen LogP contribution is -2.37. The fourth-order valence-corrected chi connectivity index (χ4v) is 1.91. The zero-order valence-electron chi connectivity index (χ0n) is 14.0. The largest absolute Gasteiger partial charge is 0.382 e. The van der Waals surface area contributed by atoms with Gasteiger partial charge in [-0.05, 0) is 31.4 Å². The third-order valence-corrected chi connectivity index (χ3v) is 3.14. The number of benzene rings is 1. The summed E-state index contributed by atoms with van der Waals surface area (Å²) in [7, 11) is 1.78. The molecule has 22 heavy (non-hydrogen) atoms. The van der Waals surface area contributed by atoms with Gasteiger partial charge < -0.3 is 20.1 Å². The first kappa shape index (κ1) is 18.5. The van der Waals surface area contributed by atoms with Crippen molar-refractivity contribution in [2.75, 3.05) is 33.4 Å². The molecule has 0 bridgehead atoms. The summed E-state index contributed by atoms with van der Waals surface area (Å²) >= 11 is 0. The summed E-state index contributed by atoms with van der Waals surface area (Å²) in [5.41, 5.74) is 2.42. The number of guanidine groups is 1. The molecule has 0 aliphatic carbocycles. The summed E-state index contributed by atoms with van der Waals surface area (Å²) in [4.78, 5) is 4.21. The van der Waals surface area contributed by atoms with E-state index < -0.39 is 0 Å². The molecule has 1 aromatic carbocycles. The molecule has 0 spiro atoms. The van der Waals surface area contributed by atoms with Gasteiger partial charge in [0.05, 0.1) is 6.61 Å². The highest BCUT2D eigenvalue weighted by atomic mass is 16.5. The molecule has 0 aliphatic heterocycles. The van der Waals surface area contributed by atoms with E-state index in [4.69, 9.17) is 9.47 Å². The Balaban J connectivity index is 2.27. The van der Waals surface area contributed by atoms with Crippen molar-refractivity contribution in [3.8, 4) is 0 Å². The molecule has 124 valence electrons. The number of hydrogen-bond donors (Lipinski definition) is 2. The van der Waals surface area contributed by atoms with E-state index in [0.29, 0.717) is 6.61 Å². The molecule has 0 atom stereocenters. The van der Waals surface area contributed by atoms with Gasteiger partial charge >= 0.3 is 0 Å². The lowest BCUT2D eigenvalue weighted by atomic mass is 10.1. The number of nitrogens with zero attached hydrogens (tertiary/aromatic N) is 1. The third kappa shape index (κ3) is 8.00. The van der Waals surface area contributed by atoms with Crippen LogP contribution in [0.5, 0.6) is 0 Å². The van der Waals surface area contributed by atoms with Crippen LogP contribution in [0.4, 0.5) is 0 Å². The van der Waals surface area contributed by atoms with Crippen molar-refractivity contribution in [1.82, 2.24) is 10.6 Å². The molecule has 0 unspecified atom stereocenters. The lowest BCUT2D eigenvalue weighted by molar-refractivity contribution is 0.134. The van der Waals surface area contributed by atoms with Crippen molar-refractivity contribution in [3.05, 3.63) is 35.4 Å². The van der Waals surface area contributed by atoms with Gasteiger partial charge in [0.2, 0.25) is 0 Å². The molecule has 0 radical (unpaired) electrons. The zero-order valence-corrected chi connectivity index (χ0v) is 14.0. The topological polar surface area (TPSA) is 54.9 Å². The van der Waals surface area contributed by atoms with Gasteiger partial charge in [-0.15, -0.1) is 0 Å². The van der Waals surface area contributed by atoms with Crippen LogP contribution >= 0.6 is 0 Å². The normalized spacial score (nSPS) is 11.5. The molecule has 0 aromatic heterocycles. The van der Waals surface area contributed by atoms with Crippen molar-refractivity contribution in [1.29, 1.82) is 0 Å². The standard InChI is InChI=1S/C17H29N3O2/c1-4-21-12-6-11-19-17(18-3)20-13-15-7-9-16(10-8-15)14-22-5-2/h7-10H,4-6,11-14H2,1-3H3,(H2,18,19,20). The van der Waals surface area contributed by atoms with Gasteiger partial charge in [0.25, 0.3) is 0 Å². The minimum atomic E-state index is 0.674. The summed E-state index contributed by atoms with van der Waals surface area (Å²) < 4.78 is 10.7. The Morgan fingerprint density at radius 3 is 2.32 bits per heavy atom. The predicted octanol–water partition coefficient (Wildman–Crippen LogP) is 2.31. The summed E-state index contributed by atoms with van der Waals surface area (Å²) in [5, 5.41) is 6.58. The molecule has 2 N–H and O–H groups in total. The molecular weight excluding hydrogens is 278 g/mol. The van der Waals surface area contributed by atoms with E-state index in [2.05, 4.69) is 39.9 Å². The maximum atomic E-state index is 5.39. The van der Waals surface area contributed by atoms with Crippen LogP contribution in [0.3, 0.4) is 0 Å². The molecule has 0 saturated carbocycles. The van der Waals surface area contributed by atoms with Gasteiger partial charge in [0.1, 0.15) is 0 Å². The van der Waals surface area contributed by atoms with Crippen LogP contribution in [0.1, 0.15) is 31.4 Å². The zero-order chi connectivity index (χ0) is 16.0. The highest BCUT2D eigenvalue weighted by Gasteiger charge is 1.99. The predicted molar refractivity (Wildman–Crippen MR) is 91.1 cm³/mol. The Hall–Kier alpha value is -1.59. The first-order valence-corrected chi connectivity index (χ1v) is 7.98. The van der Waals surface area contributed by atoms with Gasteiger partial charge in [0, 0.05) is 40.0 Å². The molecule has 0 aliphatic rings. The van der Waals surface area contributed by atoms with Crippen LogP contribution in [-0.4, -0.2) is 39.4 Å². The number of aliphatic imine (C=N–C) groups is 1. The average Bonchev–Trinajstić information content (AvgIpc) is 2.56. The smallest absolute Gasteiger partial charge is 0.191 e. The van der Waals surface area contributed by atoms with Crippen molar-refractivity contribution in [2.24, 2.45) is 4.99 Å².